The van der Waals surface area contributed by atoms with Crippen LogP contribution in [0.2, 0.25) is 0 Å². The third kappa shape index (κ3) is 3.65. The summed E-state index contributed by atoms with van der Waals surface area (Å²) in [5.74, 6) is -0.542. The Morgan fingerprint density at radius 1 is 1.03 bits per heavy atom. The van der Waals surface area contributed by atoms with Crippen molar-refractivity contribution in [2.75, 3.05) is 10.6 Å². The minimum absolute atomic E-state index is 0.00861. The van der Waals surface area contributed by atoms with Crippen molar-refractivity contribution in [1.82, 2.24) is 4.98 Å². The molecule has 0 atom stereocenters. The number of carbonyl (C=O) groups excluding carboxylic acids is 1. The lowest BCUT2D eigenvalue weighted by Crippen LogP contribution is -2.13. The zero-order chi connectivity index (χ0) is 21.3. The van der Waals surface area contributed by atoms with Crippen molar-refractivity contribution in [3.63, 3.8) is 0 Å². The molecule has 1 aliphatic heterocycles. The predicted octanol–water partition coefficient (Wildman–Crippen LogP) is 5.32. The van der Waals surface area contributed by atoms with E-state index in [-0.39, 0.29) is 17.3 Å². The molecule has 4 rings (SSSR count). The zero-order valence-electron chi connectivity index (χ0n) is 16.5. The second kappa shape index (κ2) is 7.79. The van der Waals surface area contributed by atoms with Crippen molar-refractivity contribution < 1.29 is 9.72 Å². The molecule has 0 unspecified atom stereocenters. The van der Waals surface area contributed by atoms with Crippen molar-refractivity contribution in [2.45, 2.75) is 19.9 Å². The zero-order valence-corrected chi connectivity index (χ0v) is 16.5. The molecule has 2 aliphatic rings. The van der Waals surface area contributed by atoms with Crippen LogP contribution < -0.4 is 10.6 Å². The van der Waals surface area contributed by atoms with Crippen molar-refractivity contribution in [3.05, 3.63) is 82.4 Å². The molecule has 0 saturated carbocycles. The van der Waals surface area contributed by atoms with E-state index in [2.05, 4.69) is 24.5 Å². The van der Waals surface area contributed by atoms with Crippen LogP contribution in [0.15, 0.2) is 66.7 Å². The van der Waals surface area contributed by atoms with Crippen molar-refractivity contribution in [1.29, 1.82) is 0 Å². The van der Waals surface area contributed by atoms with E-state index >= 15 is 0 Å². The smallest absolute Gasteiger partial charge is 0.282 e. The fraction of sp³-hybridized carbons (Fsp3) is 0.130. The van der Waals surface area contributed by atoms with Gasteiger partial charge in [0.25, 0.3) is 11.6 Å². The number of anilines is 2. The van der Waals surface area contributed by atoms with E-state index in [1.54, 1.807) is 18.2 Å². The maximum Gasteiger partial charge on any atom is 0.282 e. The number of carbonyl (C=O) groups is 1. The molecule has 7 nitrogen and oxygen atoms in total. The molecule has 1 amide bonds. The monoisotopic (exact) mass is 400 g/mol. The Morgan fingerprint density at radius 3 is 2.57 bits per heavy atom. The number of benzene rings is 2. The highest BCUT2D eigenvalue weighted by Crippen LogP contribution is 2.35. The van der Waals surface area contributed by atoms with Crippen LogP contribution in [-0.2, 0) is 0 Å². The molecule has 0 spiro atoms. The van der Waals surface area contributed by atoms with Gasteiger partial charge in [-0.2, -0.15) is 0 Å². The SMILES string of the molecule is CC(C)Nc1cccc2c3cccc(NC(=O)c4ccccc4[N+](=O)[O-])cc-3nc12. The first-order valence-corrected chi connectivity index (χ1v) is 9.58. The fourth-order valence-electron chi connectivity index (χ4n) is 3.46. The lowest BCUT2D eigenvalue weighted by molar-refractivity contribution is -0.385. The summed E-state index contributed by atoms with van der Waals surface area (Å²) >= 11 is 0. The van der Waals surface area contributed by atoms with Gasteiger partial charge >= 0.3 is 0 Å². The van der Waals surface area contributed by atoms with Crippen LogP contribution in [0.5, 0.6) is 0 Å². The van der Waals surface area contributed by atoms with E-state index in [1.807, 2.05) is 30.3 Å². The molecule has 150 valence electrons. The van der Waals surface area contributed by atoms with Gasteiger partial charge < -0.3 is 10.6 Å². The van der Waals surface area contributed by atoms with Gasteiger partial charge in [0.05, 0.1) is 21.8 Å². The first-order chi connectivity index (χ1) is 14.4. The maximum atomic E-state index is 12.7. The fourth-order valence-corrected chi connectivity index (χ4v) is 3.46. The number of hydrogen-bond acceptors (Lipinski definition) is 5. The number of hydrogen-bond donors (Lipinski definition) is 2. The highest BCUT2D eigenvalue weighted by atomic mass is 16.6. The number of nitrogens with zero attached hydrogens (tertiary/aromatic N) is 2. The number of aromatic nitrogens is 1. The third-order valence-corrected chi connectivity index (χ3v) is 4.71. The highest BCUT2D eigenvalue weighted by Gasteiger charge is 2.20. The number of nitrogens with one attached hydrogen (secondary N) is 2. The van der Waals surface area contributed by atoms with Gasteiger partial charge in [0, 0.05) is 28.7 Å². The number of nitro groups is 1. The number of para-hydroxylation sites is 2. The van der Waals surface area contributed by atoms with Gasteiger partial charge in [0.1, 0.15) is 5.56 Å². The van der Waals surface area contributed by atoms with Crippen LogP contribution in [0.4, 0.5) is 17.1 Å². The molecule has 1 aliphatic carbocycles. The van der Waals surface area contributed by atoms with Crippen LogP contribution in [0.25, 0.3) is 22.2 Å². The lowest BCUT2D eigenvalue weighted by atomic mass is 10.1. The molecule has 2 N–H and O–H groups in total. The Balaban J connectivity index is 1.73. The number of amides is 1. The normalized spacial score (nSPS) is 11.0. The maximum absolute atomic E-state index is 12.7. The summed E-state index contributed by atoms with van der Waals surface area (Å²) in [4.78, 5) is 28.1. The van der Waals surface area contributed by atoms with Crippen LogP contribution in [-0.4, -0.2) is 21.9 Å². The van der Waals surface area contributed by atoms with Gasteiger partial charge in [-0.1, -0.05) is 36.4 Å². The van der Waals surface area contributed by atoms with E-state index in [4.69, 9.17) is 4.98 Å². The van der Waals surface area contributed by atoms with Gasteiger partial charge in [-0.25, -0.2) is 4.98 Å². The first kappa shape index (κ1) is 19.3. The van der Waals surface area contributed by atoms with Crippen molar-refractivity contribution in [2.24, 2.45) is 0 Å². The minimum atomic E-state index is -0.563. The lowest BCUT2D eigenvalue weighted by Gasteiger charge is -2.10. The van der Waals surface area contributed by atoms with Gasteiger partial charge in [-0.05, 0) is 38.1 Å². The highest BCUT2D eigenvalue weighted by molar-refractivity contribution is 6.08. The molecular weight excluding hydrogens is 380 g/mol. The van der Waals surface area contributed by atoms with E-state index < -0.39 is 10.8 Å². The van der Waals surface area contributed by atoms with Crippen LogP contribution in [0, 0.1) is 10.1 Å². The molecule has 2 aromatic rings. The number of fused-ring (bicyclic) bond motifs is 3. The topological polar surface area (TPSA) is 97.2 Å². The summed E-state index contributed by atoms with van der Waals surface area (Å²) < 4.78 is 0. The second-order valence-electron chi connectivity index (χ2n) is 7.27. The molecule has 0 aromatic heterocycles. The largest absolute Gasteiger partial charge is 0.381 e. The second-order valence-corrected chi connectivity index (χ2v) is 7.27. The van der Waals surface area contributed by atoms with Crippen LogP contribution >= 0.6 is 0 Å². The van der Waals surface area contributed by atoms with E-state index in [0.717, 1.165) is 27.8 Å². The van der Waals surface area contributed by atoms with E-state index in [0.29, 0.717) is 5.69 Å². The molecule has 7 heteroatoms. The first-order valence-electron chi connectivity index (χ1n) is 9.58. The summed E-state index contributed by atoms with van der Waals surface area (Å²) in [5, 5.41) is 18.4. The predicted molar refractivity (Wildman–Crippen MR) is 118 cm³/mol. The Bertz CT molecular complexity index is 1240. The average Bonchev–Trinajstić information content (AvgIpc) is 2.93. The van der Waals surface area contributed by atoms with Gasteiger partial charge in [0.15, 0.2) is 0 Å². The Morgan fingerprint density at radius 2 is 1.80 bits per heavy atom. The molecule has 0 bridgehead atoms. The summed E-state index contributed by atoms with van der Waals surface area (Å²) in [5.41, 5.74) is 3.79. The summed E-state index contributed by atoms with van der Waals surface area (Å²) in [6.07, 6.45) is 0. The number of nitro benzene ring substituents is 1. The van der Waals surface area contributed by atoms with Crippen molar-refractivity contribution in [3.8, 4) is 11.3 Å². The Labute approximate surface area is 173 Å². The minimum Gasteiger partial charge on any atom is -0.381 e. The number of rotatable bonds is 5. The molecule has 0 saturated heterocycles. The van der Waals surface area contributed by atoms with Gasteiger partial charge in [0.2, 0.25) is 0 Å². The molecule has 0 radical (unpaired) electrons. The van der Waals surface area contributed by atoms with Crippen LogP contribution in [0.3, 0.4) is 0 Å². The van der Waals surface area contributed by atoms with Gasteiger partial charge in [-0.3, -0.25) is 14.9 Å². The molecular formula is C23H20N4O3. The van der Waals surface area contributed by atoms with Crippen LogP contribution in [0.1, 0.15) is 24.2 Å². The summed E-state index contributed by atoms with van der Waals surface area (Å²) in [7, 11) is 0. The van der Waals surface area contributed by atoms with Crippen molar-refractivity contribution >= 4 is 33.9 Å². The molecule has 0 fully saturated rings. The Hall–Kier alpha value is -4.00. The molecule has 30 heavy (non-hydrogen) atoms. The average molecular weight is 400 g/mol. The quantitative estimate of drug-likeness (QED) is 0.349. The van der Waals surface area contributed by atoms with E-state index in [9.17, 15) is 14.9 Å². The standard InChI is InChI=1S/C23H20N4O3/c1-14(2)24-19-11-6-10-17-16-9-5-7-15(13-20(16)26-22(17)19)25-23(28)18-8-3-4-12-21(18)27(29)30/h3-14,24H,1-2H3,(H,25,28). The third-order valence-electron chi connectivity index (χ3n) is 4.71. The Kier molecular flexibility index (Phi) is 5.02. The molecule has 2 aromatic carbocycles. The van der Waals surface area contributed by atoms with Gasteiger partial charge in [-0.15, -0.1) is 0 Å². The van der Waals surface area contributed by atoms with E-state index in [1.165, 1.54) is 18.2 Å². The summed E-state index contributed by atoms with van der Waals surface area (Å²) in [6, 6.07) is 19.4. The summed E-state index contributed by atoms with van der Waals surface area (Å²) in [6.45, 7) is 4.13. The molecule has 1 heterocycles.